The van der Waals surface area contributed by atoms with E-state index in [2.05, 4.69) is 10.2 Å². The summed E-state index contributed by atoms with van der Waals surface area (Å²) >= 11 is 0. The van der Waals surface area contributed by atoms with E-state index in [0.29, 0.717) is 61.1 Å². The Kier molecular flexibility index (Phi) is 9.42. The third-order valence-corrected chi connectivity index (χ3v) is 6.86. The van der Waals surface area contributed by atoms with Gasteiger partial charge in [0.05, 0.1) is 32.4 Å². The van der Waals surface area contributed by atoms with Crippen molar-refractivity contribution in [3.63, 3.8) is 0 Å². The zero-order valence-corrected chi connectivity index (χ0v) is 23.0. The second-order valence-electron chi connectivity index (χ2n) is 9.56. The number of piperazine rings is 1. The molecule has 0 bridgehead atoms. The molecule has 2 unspecified atom stereocenters. The Morgan fingerprint density at radius 3 is 2.43 bits per heavy atom. The first-order valence-electron chi connectivity index (χ1n) is 12.9. The van der Waals surface area contributed by atoms with E-state index in [4.69, 9.17) is 14.2 Å². The van der Waals surface area contributed by atoms with Crippen LogP contribution in [0.2, 0.25) is 0 Å². The highest BCUT2D eigenvalue weighted by atomic mass is 16.5. The zero-order valence-electron chi connectivity index (χ0n) is 23.0. The van der Waals surface area contributed by atoms with E-state index in [1.807, 2.05) is 38.7 Å². The Bertz CT molecular complexity index is 1040. The predicted octanol–water partition coefficient (Wildman–Crippen LogP) is 2.80. The fourth-order valence-corrected chi connectivity index (χ4v) is 5.08. The van der Waals surface area contributed by atoms with Gasteiger partial charge in [-0.15, -0.1) is 0 Å². The molecule has 2 atom stereocenters. The summed E-state index contributed by atoms with van der Waals surface area (Å²) in [5.74, 6) is 0.513. The third-order valence-electron chi connectivity index (χ3n) is 6.86. The highest BCUT2D eigenvalue weighted by Gasteiger charge is 2.40. The van der Waals surface area contributed by atoms with Crippen LogP contribution in [0.5, 0.6) is 11.5 Å². The Morgan fingerprint density at radius 1 is 1.14 bits per heavy atom. The first-order chi connectivity index (χ1) is 17.7. The standard InChI is InChI=1S/C27H40N4O6/c1-8-30-20(16-29-13-14-31(18(5)15-29)25(32)17(3)4)22(26(33)37-9-2)23(28-27(30)34)19-11-10-12-21(35-6)24(19)36-7/h10-12,17-18,23H,8-9,13-16H2,1-7H3,(H,28,34). The lowest BCUT2D eigenvalue weighted by molar-refractivity contribution is -0.139. The van der Waals surface area contributed by atoms with Crippen molar-refractivity contribution in [1.29, 1.82) is 0 Å². The molecular formula is C27H40N4O6. The molecule has 1 N–H and O–H groups in total. The maximum atomic E-state index is 13.4. The minimum atomic E-state index is -0.782. The molecule has 0 radical (unpaired) electrons. The number of nitrogens with one attached hydrogen (secondary N) is 1. The maximum absolute atomic E-state index is 13.4. The fraction of sp³-hybridized carbons (Fsp3) is 0.593. The molecule has 10 heteroatoms. The summed E-state index contributed by atoms with van der Waals surface area (Å²) < 4.78 is 16.6. The van der Waals surface area contributed by atoms with Gasteiger partial charge in [0.1, 0.15) is 0 Å². The van der Waals surface area contributed by atoms with E-state index >= 15 is 0 Å². The number of esters is 1. The summed E-state index contributed by atoms with van der Waals surface area (Å²) in [5, 5.41) is 2.98. The van der Waals surface area contributed by atoms with Crippen LogP contribution in [0.4, 0.5) is 4.79 Å². The summed E-state index contributed by atoms with van der Waals surface area (Å²) in [6, 6.07) is 4.29. The van der Waals surface area contributed by atoms with Crippen molar-refractivity contribution in [2.45, 2.75) is 46.7 Å². The van der Waals surface area contributed by atoms with Crippen molar-refractivity contribution in [1.82, 2.24) is 20.0 Å². The number of carbonyl (C=O) groups excluding carboxylic acids is 3. The maximum Gasteiger partial charge on any atom is 0.338 e. The third kappa shape index (κ3) is 5.84. The quantitative estimate of drug-likeness (QED) is 0.504. The molecule has 10 nitrogen and oxygen atoms in total. The number of amides is 3. The lowest BCUT2D eigenvalue weighted by Crippen LogP contribution is -2.57. The van der Waals surface area contributed by atoms with Crippen LogP contribution in [0.15, 0.2) is 29.5 Å². The number of para-hydroxylation sites is 1. The monoisotopic (exact) mass is 516 g/mol. The largest absolute Gasteiger partial charge is 0.493 e. The number of benzene rings is 1. The molecule has 1 aromatic carbocycles. The van der Waals surface area contributed by atoms with Gasteiger partial charge in [-0.05, 0) is 26.8 Å². The van der Waals surface area contributed by atoms with Crippen molar-refractivity contribution in [2.75, 3.05) is 53.6 Å². The summed E-state index contributed by atoms with van der Waals surface area (Å²) in [6.07, 6.45) is 0. The normalized spacial score (nSPS) is 20.7. The molecule has 1 saturated heterocycles. The Hall–Kier alpha value is -3.27. The molecule has 37 heavy (non-hydrogen) atoms. The average molecular weight is 517 g/mol. The fourth-order valence-electron chi connectivity index (χ4n) is 5.08. The number of urea groups is 1. The van der Waals surface area contributed by atoms with Crippen LogP contribution < -0.4 is 14.8 Å². The van der Waals surface area contributed by atoms with Gasteiger partial charge in [-0.3, -0.25) is 14.6 Å². The van der Waals surface area contributed by atoms with Crippen LogP contribution in [0.3, 0.4) is 0 Å². The first-order valence-corrected chi connectivity index (χ1v) is 12.9. The van der Waals surface area contributed by atoms with Gasteiger partial charge < -0.3 is 24.4 Å². The number of ether oxygens (including phenoxy) is 3. The minimum absolute atomic E-state index is 0.0112. The Labute approximate surface area is 219 Å². The summed E-state index contributed by atoms with van der Waals surface area (Å²) in [5.41, 5.74) is 1.56. The lowest BCUT2D eigenvalue weighted by Gasteiger charge is -2.43. The van der Waals surface area contributed by atoms with Gasteiger partial charge in [0, 0.05) is 55.9 Å². The number of methoxy groups -OCH3 is 2. The van der Waals surface area contributed by atoms with E-state index in [-0.39, 0.29) is 30.5 Å². The predicted molar refractivity (Wildman–Crippen MR) is 139 cm³/mol. The van der Waals surface area contributed by atoms with Gasteiger partial charge in [-0.1, -0.05) is 26.0 Å². The Balaban J connectivity index is 2.06. The van der Waals surface area contributed by atoms with E-state index in [9.17, 15) is 14.4 Å². The molecule has 204 valence electrons. The number of nitrogens with zero attached hydrogens (tertiary/aromatic N) is 3. The number of likely N-dealkylation sites (N-methyl/N-ethyl adjacent to an activating group) is 1. The first kappa shape index (κ1) is 28.3. The topological polar surface area (TPSA) is 101 Å². The molecule has 0 saturated carbocycles. The summed E-state index contributed by atoms with van der Waals surface area (Å²) in [6.45, 7) is 12.3. The lowest BCUT2D eigenvalue weighted by atomic mass is 9.93. The van der Waals surface area contributed by atoms with Crippen LogP contribution in [0.25, 0.3) is 0 Å². The molecular weight excluding hydrogens is 476 g/mol. The average Bonchev–Trinajstić information content (AvgIpc) is 2.87. The van der Waals surface area contributed by atoms with Crippen LogP contribution >= 0.6 is 0 Å². The second kappa shape index (κ2) is 12.3. The number of hydrogen-bond acceptors (Lipinski definition) is 7. The van der Waals surface area contributed by atoms with Crippen LogP contribution in [0.1, 0.15) is 46.2 Å². The van der Waals surface area contributed by atoms with Crippen LogP contribution in [0, 0.1) is 5.92 Å². The van der Waals surface area contributed by atoms with Crippen LogP contribution in [-0.4, -0.2) is 92.2 Å². The van der Waals surface area contributed by atoms with Crippen molar-refractivity contribution in [3.8, 4) is 11.5 Å². The zero-order chi connectivity index (χ0) is 27.3. The molecule has 3 amide bonds. The van der Waals surface area contributed by atoms with E-state index < -0.39 is 12.0 Å². The van der Waals surface area contributed by atoms with E-state index in [1.165, 1.54) is 14.2 Å². The second-order valence-corrected chi connectivity index (χ2v) is 9.56. The molecule has 2 aliphatic rings. The summed E-state index contributed by atoms with van der Waals surface area (Å²) in [4.78, 5) is 45.1. The number of hydrogen-bond donors (Lipinski definition) is 1. The molecule has 2 heterocycles. The van der Waals surface area contributed by atoms with Gasteiger partial charge in [-0.25, -0.2) is 9.59 Å². The summed E-state index contributed by atoms with van der Waals surface area (Å²) in [7, 11) is 3.07. The highest BCUT2D eigenvalue weighted by molar-refractivity contribution is 5.95. The van der Waals surface area contributed by atoms with Crippen molar-refractivity contribution >= 4 is 17.9 Å². The van der Waals surface area contributed by atoms with Crippen LogP contribution in [-0.2, 0) is 14.3 Å². The highest BCUT2D eigenvalue weighted by Crippen LogP contribution is 2.40. The van der Waals surface area contributed by atoms with Crippen molar-refractivity contribution in [2.24, 2.45) is 5.92 Å². The molecule has 1 aromatic rings. The molecule has 0 aromatic heterocycles. The van der Waals surface area contributed by atoms with Gasteiger partial charge in [0.2, 0.25) is 5.91 Å². The van der Waals surface area contributed by atoms with E-state index in [1.54, 1.807) is 24.0 Å². The molecule has 0 spiro atoms. The molecule has 1 fully saturated rings. The van der Waals surface area contributed by atoms with Crippen molar-refractivity contribution in [3.05, 3.63) is 35.0 Å². The minimum Gasteiger partial charge on any atom is -0.493 e. The van der Waals surface area contributed by atoms with Gasteiger partial charge in [0.25, 0.3) is 0 Å². The number of rotatable bonds is 9. The number of carbonyl (C=O) groups is 3. The van der Waals surface area contributed by atoms with E-state index in [0.717, 1.165) is 0 Å². The Morgan fingerprint density at radius 2 is 1.86 bits per heavy atom. The smallest absolute Gasteiger partial charge is 0.338 e. The molecule has 3 rings (SSSR count). The van der Waals surface area contributed by atoms with Gasteiger partial charge >= 0.3 is 12.0 Å². The SMILES string of the molecule is CCOC(=O)C1=C(CN2CCN(C(=O)C(C)C)C(C)C2)N(CC)C(=O)NC1c1cccc(OC)c1OC. The van der Waals surface area contributed by atoms with Gasteiger partial charge in [0.15, 0.2) is 11.5 Å². The van der Waals surface area contributed by atoms with Gasteiger partial charge in [-0.2, -0.15) is 0 Å². The molecule has 0 aliphatic carbocycles. The molecule has 2 aliphatic heterocycles. The van der Waals surface area contributed by atoms with Crippen molar-refractivity contribution < 1.29 is 28.6 Å².